The van der Waals surface area contributed by atoms with Gasteiger partial charge in [-0.25, -0.2) is 8.78 Å². The Morgan fingerprint density at radius 1 is 1.09 bits per heavy atom. The van der Waals surface area contributed by atoms with Crippen molar-refractivity contribution in [2.24, 2.45) is 0 Å². The number of aromatic nitrogens is 2. The summed E-state index contributed by atoms with van der Waals surface area (Å²) in [4.78, 5) is 35.5. The molecule has 1 aliphatic rings. The number of anilines is 1. The summed E-state index contributed by atoms with van der Waals surface area (Å²) < 4.78 is 26.8. The van der Waals surface area contributed by atoms with Gasteiger partial charge in [-0.1, -0.05) is 41.3 Å². The topological polar surface area (TPSA) is 101 Å². The van der Waals surface area contributed by atoms with Gasteiger partial charge < -0.3 is 0 Å². The second-order valence-corrected chi connectivity index (χ2v) is 9.55. The summed E-state index contributed by atoms with van der Waals surface area (Å²) in [7, 11) is 0. The fraction of sp³-hybridized carbons (Fsp3) is 0.0500. The SMILES string of the molecule is O=C1NC(=O)/C(=C/c2ccc(C(=O)Nc3nnc(SCc4ccc(F)c(F)c4)s3)cc2)S1. The summed E-state index contributed by atoms with van der Waals surface area (Å²) in [5, 5.41) is 12.6. The molecule has 162 valence electrons. The molecule has 0 unspecified atom stereocenters. The second kappa shape index (κ2) is 9.59. The Hall–Kier alpha value is -3.09. The molecule has 0 spiro atoms. The number of hydrogen-bond acceptors (Lipinski definition) is 8. The first-order valence-electron chi connectivity index (χ1n) is 8.94. The maximum atomic E-state index is 13.3. The lowest BCUT2D eigenvalue weighted by Gasteiger charge is -2.02. The second-order valence-electron chi connectivity index (χ2n) is 6.34. The summed E-state index contributed by atoms with van der Waals surface area (Å²) >= 11 is 3.27. The van der Waals surface area contributed by atoms with Gasteiger partial charge >= 0.3 is 0 Å². The van der Waals surface area contributed by atoms with E-state index in [1.807, 2.05) is 0 Å². The van der Waals surface area contributed by atoms with Crippen molar-refractivity contribution < 1.29 is 23.2 Å². The van der Waals surface area contributed by atoms with Crippen LogP contribution in [0.25, 0.3) is 6.08 Å². The van der Waals surface area contributed by atoms with Gasteiger partial charge in [-0.05, 0) is 53.2 Å². The maximum absolute atomic E-state index is 13.3. The third-order valence-electron chi connectivity index (χ3n) is 4.09. The van der Waals surface area contributed by atoms with E-state index in [2.05, 4.69) is 20.8 Å². The minimum Gasteiger partial charge on any atom is -0.296 e. The van der Waals surface area contributed by atoms with Crippen LogP contribution in [-0.4, -0.2) is 27.3 Å². The van der Waals surface area contributed by atoms with E-state index in [-0.39, 0.29) is 10.8 Å². The largest absolute Gasteiger partial charge is 0.296 e. The zero-order chi connectivity index (χ0) is 22.7. The fourth-order valence-electron chi connectivity index (χ4n) is 2.57. The summed E-state index contributed by atoms with van der Waals surface area (Å²) in [6.07, 6.45) is 1.56. The molecule has 0 aliphatic carbocycles. The number of nitrogens with zero attached hydrogens (tertiary/aromatic N) is 2. The molecular weight excluding hydrogens is 478 g/mol. The molecule has 4 rings (SSSR count). The van der Waals surface area contributed by atoms with Crippen LogP contribution in [0.4, 0.5) is 18.7 Å². The average molecular weight is 491 g/mol. The minimum absolute atomic E-state index is 0.287. The first-order valence-corrected chi connectivity index (χ1v) is 11.6. The molecule has 7 nitrogen and oxygen atoms in total. The number of hydrogen-bond donors (Lipinski definition) is 2. The van der Waals surface area contributed by atoms with E-state index in [0.717, 1.165) is 35.2 Å². The molecular formula is C20H12F2N4O3S3. The lowest BCUT2D eigenvalue weighted by atomic mass is 10.1. The Morgan fingerprint density at radius 2 is 1.88 bits per heavy atom. The van der Waals surface area contributed by atoms with Crippen molar-refractivity contribution in [2.75, 3.05) is 5.32 Å². The Labute approximate surface area is 192 Å². The molecule has 12 heteroatoms. The van der Waals surface area contributed by atoms with E-state index in [0.29, 0.717) is 31.9 Å². The van der Waals surface area contributed by atoms with Gasteiger partial charge in [0, 0.05) is 11.3 Å². The van der Waals surface area contributed by atoms with Crippen LogP contribution in [0.5, 0.6) is 0 Å². The van der Waals surface area contributed by atoms with Crippen molar-refractivity contribution in [3.63, 3.8) is 0 Å². The van der Waals surface area contributed by atoms with Gasteiger partial charge in [0.05, 0.1) is 4.91 Å². The smallest absolute Gasteiger partial charge is 0.290 e. The highest BCUT2D eigenvalue weighted by Crippen LogP contribution is 2.29. The third-order valence-corrected chi connectivity index (χ3v) is 6.94. The number of carbonyl (C=O) groups excluding carboxylic acids is 3. The Morgan fingerprint density at radius 3 is 2.56 bits per heavy atom. The van der Waals surface area contributed by atoms with Gasteiger partial charge in [0.2, 0.25) is 5.13 Å². The monoisotopic (exact) mass is 490 g/mol. The molecule has 1 aromatic heterocycles. The molecule has 3 amide bonds. The molecule has 2 N–H and O–H groups in total. The van der Waals surface area contributed by atoms with E-state index in [1.54, 1.807) is 30.3 Å². The van der Waals surface area contributed by atoms with E-state index < -0.39 is 22.8 Å². The highest BCUT2D eigenvalue weighted by atomic mass is 32.2. The Balaban J connectivity index is 1.34. The summed E-state index contributed by atoms with van der Waals surface area (Å²) in [5.41, 5.74) is 1.64. The highest BCUT2D eigenvalue weighted by molar-refractivity contribution is 8.18. The van der Waals surface area contributed by atoms with E-state index in [1.165, 1.54) is 17.8 Å². The van der Waals surface area contributed by atoms with Crippen LogP contribution >= 0.6 is 34.9 Å². The van der Waals surface area contributed by atoms with Crippen LogP contribution in [0.1, 0.15) is 21.5 Å². The van der Waals surface area contributed by atoms with Crippen molar-refractivity contribution in [2.45, 2.75) is 10.1 Å². The normalized spacial score (nSPS) is 14.6. The van der Waals surface area contributed by atoms with Gasteiger partial charge in [-0.2, -0.15) is 0 Å². The molecule has 32 heavy (non-hydrogen) atoms. The van der Waals surface area contributed by atoms with Crippen LogP contribution in [0.2, 0.25) is 0 Å². The molecule has 3 aromatic rings. The predicted octanol–water partition coefficient (Wildman–Crippen LogP) is 4.68. The number of carbonyl (C=O) groups is 3. The zero-order valence-electron chi connectivity index (χ0n) is 15.9. The zero-order valence-corrected chi connectivity index (χ0v) is 18.4. The molecule has 0 saturated carbocycles. The minimum atomic E-state index is -0.908. The Kier molecular flexibility index (Phi) is 6.63. The molecule has 1 saturated heterocycles. The van der Waals surface area contributed by atoms with Crippen molar-refractivity contribution in [1.29, 1.82) is 0 Å². The molecule has 0 radical (unpaired) electrons. The molecule has 0 bridgehead atoms. The third kappa shape index (κ3) is 5.39. The van der Waals surface area contributed by atoms with Crippen molar-refractivity contribution in [3.8, 4) is 0 Å². The standard InChI is InChI=1S/C20H12F2N4O3S3/c21-13-6-3-11(7-14(13)22)9-30-20-26-25-18(32-20)23-16(27)12-4-1-10(2-5-12)8-15-17(28)24-19(29)31-15/h1-8H,9H2,(H,23,25,27)(H,24,28,29)/b15-8-. The average Bonchev–Trinajstić information content (AvgIpc) is 3.34. The first-order chi connectivity index (χ1) is 15.4. The molecule has 2 heterocycles. The molecule has 0 atom stereocenters. The van der Waals surface area contributed by atoms with E-state index >= 15 is 0 Å². The highest BCUT2D eigenvalue weighted by Gasteiger charge is 2.24. The van der Waals surface area contributed by atoms with Gasteiger partial charge in [-0.15, -0.1) is 10.2 Å². The van der Waals surface area contributed by atoms with Crippen molar-refractivity contribution in [1.82, 2.24) is 15.5 Å². The van der Waals surface area contributed by atoms with E-state index in [9.17, 15) is 23.2 Å². The maximum Gasteiger partial charge on any atom is 0.290 e. The Bertz CT molecular complexity index is 1250. The first kappa shape index (κ1) is 22.1. The molecule has 1 aliphatic heterocycles. The number of amides is 3. The number of thioether (sulfide) groups is 2. The lowest BCUT2D eigenvalue weighted by Crippen LogP contribution is -2.17. The number of rotatable bonds is 6. The van der Waals surface area contributed by atoms with Crippen LogP contribution in [0, 0.1) is 11.6 Å². The van der Waals surface area contributed by atoms with Crippen molar-refractivity contribution in [3.05, 3.63) is 75.7 Å². The summed E-state index contributed by atoms with van der Waals surface area (Å²) in [6, 6.07) is 10.2. The van der Waals surface area contributed by atoms with E-state index in [4.69, 9.17) is 0 Å². The number of imide groups is 1. The number of nitrogens with one attached hydrogen (secondary N) is 2. The van der Waals surface area contributed by atoms with Gasteiger partial charge in [0.1, 0.15) is 0 Å². The van der Waals surface area contributed by atoms with Crippen LogP contribution < -0.4 is 10.6 Å². The summed E-state index contributed by atoms with van der Waals surface area (Å²) in [5.74, 6) is -2.27. The fourth-order valence-corrected chi connectivity index (χ4v) is 4.94. The van der Waals surface area contributed by atoms with Crippen LogP contribution in [0.15, 0.2) is 51.7 Å². The quantitative estimate of drug-likeness (QED) is 0.294. The summed E-state index contributed by atoms with van der Waals surface area (Å²) in [6.45, 7) is 0. The number of halogens is 2. The van der Waals surface area contributed by atoms with Gasteiger partial charge in [0.25, 0.3) is 17.1 Å². The van der Waals surface area contributed by atoms with Gasteiger partial charge in [0.15, 0.2) is 16.0 Å². The van der Waals surface area contributed by atoms with Crippen LogP contribution in [0.3, 0.4) is 0 Å². The molecule has 1 fully saturated rings. The number of benzene rings is 2. The molecule has 2 aromatic carbocycles. The van der Waals surface area contributed by atoms with Crippen molar-refractivity contribution >= 4 is 63.1 Å². The lowest BCUT2D eigenvalue weighted by molar-refractivity contribution is -0.115. The van der Waals surface area contributed by atoms with Gasteiger partial charge in [-0.3, -0.25) is 25.0 Å². The van der Waals surface area contributed by atoms with Crippen LogP contribution in [-0.2, 0) is 10.5 Å². The predicted molar refractivity (Wildman–Crippen MR) is 119 cm³/mol.